The SMILES string of the molecule is Cc1cccc(C)c1B1N(c2ccccc2)c2ccc(Cc3cnc(-c4nccn4-c4c(C(C)C)cccc4C(C)C)[nH]3)cc2N1c1cc(C(C)(C)C)ccn1. The van der Waals surface area contributed by atoms with E-state index in [2.05, 4.69) is 185 Å². The predicted molar refractivity (Wildman–Crippen MR) is 234 cm³/mol. The van der Waals surface area contributed by atoms with Gasteiger partial charge in [0.25, 0.3) is 0 Å². The molecule has 1 N–H and O–H groups in total. The van der Waals surface area contributed by atoms with E-state index in [4.69, 9.17) is 15.0 Å². The third-order valence-corrected chi connectivity index (χ3v) is 11.2. The molecule has 4 aromatic carbocycles. The zero-order valence-corrected chi connectivity index (χ0v) is 34.2. The number of aromatic nitrogens is 5. The summed E-state index contributed by atoms with van der Waals surface area (Å²) < 4.78 is 2.21. The van der Waals surface area contributed by atoms with Crippen LogP contribution in [-0.2, 0) is 11.8 Å². The zero-order chi connectivity index (χ0) is 39.3. The summed E-state index contributed by atoms with van der Waals surface area (Å²) >= 11 is 0. The fourth-order valence-corrected chi connectivity index (χ4v) is 8.31. The predicted octanol–water partition coefficient (Wildman–Crippen LogP) is 11.1. The minimum absolute atomic E-state index is 0.0322. The van der Waals surface area contributed by atoms with Crippen LogP contribution in [0.1, 0.15) is 99.4 Å². The first-order valence-corrected chi connectivity index (χ1v) is 19.9. The van der Waals surface area contributed by atoms with E-state index >= 15 is 0 Å². The van der Waals surface area contributed by atoms with Gasteiger partial charge in [-0.25, -0.2) is 15.0 Å². The highest BCUT2D eigenvalue weighted by Crippen LogP contribution is 2.47. The molecule has 0 saturated heterocycles. The number of aryl methyl sites for hydroxylation is 2. The number of anilines is 4. The molecule has 0 unspecified atom stereocenters. The van der Waals surface area contributed by atoms with Crippen molar-refractivity contribution in [2.24, 2.45) is 0 Å². The zero-order valence-electron chi connectivity index (χ0n) is 34.2. The van der Waals surface area contributed by atoms with Crippen molar-refractivity contribution in [2.45, 2.75) is 86.0 Å². The Kier molecular flexibility index (Phi) is 9.69. The Bertz CT molecular complexity index is 2460. The molecule has 8 rings (SSSR count). The summed E-state index contributed by atoms with van der Waals surface area (Å²) in [5, 5.41) is 0. The number of nitrogens with zero attached hydrogens (tertiary/aromatic N) is 6. The lowest BCUT2D eigenvalue weighted by molar-refractivity contribution is 0.589. The molecule has 7 nitrogen and oxygen atoms in total. The first-order chi connectivity index (χ1) is 26.9. The third-order valence-electron chi connectivity index (χ3n) is 11.2. The molecule has 0 amide bonds. The Morgan fingerprint density at radius 2 is 1.39 bits per heavy atom. The van der Waals surface area contributed by atoms with Crippen LogP contribution in [0.25, 0.3) is 17.3 Å². The van der Waals surface area contributed by atoms with E-state index in [0.29, 0.717) is 18.3 Å². The maximum atomic E-state index is 5.08. The minimum atomic E-state index is -0.145. The second-order valence-corrected chi connectivity index (χ2v) is 16.9. The van der Waals surface area contributed by atoms with E-state index < -0.39 is 0 Å². The molecule has 0 atom stereocenters. The molecule has 282 valence electrons. The number of imidazole rings is 2. The molecule has 0 spiro atoms. The third kappa shape index (κ3) is 6.72. The molecule has 0 bridgehead atoms. The van der Waals surface area contributed by atoms with Crippen LogP contribution >= 0.6 is 0 Å². The average molecular weight is 738 g/mol. The highest BCUT2D eigenvalue weighted by Gasteiger charge is 2.45. The molecule has 0 saturated carbocycles. The van der Waals surface area contributed by atoms with Crippen molar-refractivity contribution in [3.05, 3.63) is 161 Å². The van der Waals surface area contributed by atoms with Gasteiger partial charge in [0, 0.05) is 42.6 Å². The number of pyridine rings is 1. The first kappa shape index (κ1) is 37.1. The Morgan fingerprint density at radius 3 is 2.07 bits per heavy atom. The summed E-state index contributed by atoms with van der Waals surface area (Å²) in [5.41, 5.74) is 14.4. The molecule has 1 aliphatic heterocycles. The van der Waals surface area contributed by atoms with E-state index in [0.717, 1.165) is 40.2 Å². The van der Waals surface area contributed by atoms with E-state index in [1.165, 1.54) is 44.5 Å². The van der Waals surface area contributed by atoms with Crippen LogP contribution in [-0.4, -0.2) is 31.5 Å². The number of hydrogen-bond acceptors (Lipinski definition) is 5. The maximum absolute atomic E-state index is 5.08. The van der Waals surface area contributed by atoms with Crippen molar-refractivity contribution in [1.82, 2.24) is 24.5 Å². The number of para-hydroxylation sites is 2. The van der Waals surface area contributed by atoms with Crippen LogP contribution in [0.3, 0.4) is 0 Å². The lowest BCUT2D eigenvalue weighted by Gasteiger charge is -2.32. The van der Waals surface area contributed by atoms with E-state index in [9.17, 15) is 0 Å². The Hall–Kier alpha value is -5.89. The Morgan fingerprint density at radius 1 is 0.696 bits per heavy atom. The average Bonchev–Trinajstić information content (AvgIpc) is 3.92. The fraction of sp³-hybridized carbons (Fsp3) is 0.271. The van der Waals surface area contributed by atoms with E-state index in [1.807, 2.05) is 18.6 Å². The second kappa shape index (κ2) is 14.6. The number of aromatic amines is 1. The van der Waals surface area contributed by atoms with Crippen molar-refractivity contribution < 1.29 is 0 Å². The van der Waals surface area contributed by atoms with Gasteiger partial charge >= 0.3 is 6.98 Å². The highest BCUT2D eigenvalue weighted by molar-refractivity contribution is 6.85. The molecule has 0 aliphatic carbocycles. The van der Waals surface area contributed by atoms with Gasteiger partial charge in [0.1, 0.15) is 5.82 Å². The van der Waals surface area contributed by atoms with Crippen molar-refractivity contribution in [3.8, 4) is 17.3 Å². The van der Waals surface area contributed by atoms with Crippen molar-refractivity contribution in [1.29, 1.82) is 0 Å². The van der Waals surface area contributed by atoms with Gasteiger partial charge in [-0.2, -0.15) is 0 Å². The standard InChI is InChI=1S/C48H52BN7/c1-31(2)39-19-14-20-40(32(3)4)45(39)54-26-25-51-47(54)46-52-30-37(53-46)27-35-21-22-41-42(28-35)56(43-29-36(23-24-50-43)48(7,8)9)49(44-33(5)15-13-16-34(44)6)55(41)38-17-11-10-12-18-38/h10-26,28-32H,27H2,1-9H3,(H,52,53). The van der Waals surface area contributed by atoms with E-state index in [1.54, 1.807) is 0 Å². The van der Waals surface area contributed by atoms with Gasteiger partial charge in [-0.3, -0.25) is 4.57 Å². The number of benzene rings is 4. The topological polar surface area (TPSA) is 65.9 Å². The van der Waals surface area contributed by atoms with E-state index in [-0.39, 0.29) is 12.4 Å². The number of hydrogen-bond donors (Lipinski definition) is 1. The van der Waals surface area contributed by atoms with Crippen LogP contribution in [0, 0.1) is 13.8 Å². The lowest BCUT2D eigenvalue weighted by atomic mass is 9.61. The van der Waals surface area contributed by atoms with Crippen LogP contribution in [0.15, 0.2) is 122 Å². The van der Waals surface area contributed by atoms with Gasteiger partial charge in [0.05, 0.1) is 17.1 Å². The van der Waals surface area contributed by atoms with Crippen molar-refractivity contribution in [2.75, 3.05) is 9.62 Å². The van der Waals surface area contributed by atoms with Crippen LogP contribution in [0.5, 0.6) is 0 Å². The summed E-state index contributed by atoms with van der Waals surface area (Å²) in [6.45, 7) is 20.1. The number of fused-ring (bicyclic) bond motifs is 1. The van der Waals surface area contributed by atoms with Crippen LogP contribution in [0.2, 0.25) is 0 Å². The molecule has 7 aromatic rings. The molecule has 3 aromatic heterocycles. The van der Waals surface area contributed by atoms with Gasteiger partial charge in [-0.05, 0) is 95.2 Å². The van der Waals surface area contributed by atoms with Crippen LogP contribution < -0.4 is 15.1 Å². The van der Waals surface area contributed by atoms with Gasteiger partial charge in [0.2, 0.25) is 0 Å². The first-order valence-electron chi connectivity index (χ1n) is 19.9. The number of H-pyrrole nitrogens is 1. The van der Waals surface area contributed by atoms with Gasteiger partial charge < -0.3 is 14.6 Å². The normalized spacial score (nSPS) is 13.0. The fourth-order valence-electron chi connectivity index (χ4n) is 8.31. The molecule has 1 aliphatic rings. The maximum Gasteiger partial charge on any atom is 0.422 e. The molecule has 0 radical (unpaired) electrons. The summed E-state index contributed by atoms with van der Waals surface area (Å²) in [5.74, 6) is 3.23. The quantitative estimate of drug-likeness (QED) is 0.149. The molecule has 4 heterocycles. The molecule has 0 fully saturated rings. The second-order valence-electron chi connectivity index (χ2n) is 16.9. The summed E-state index contributed by atoms with van der Waals surface area (Å²) in [6, 6.07) is 35.3. The molecular formula is C48H52BN7. The van der Waals surface area contributed by atoms with Gasteiger partial charge in [-0.1, -0.05) is 120 Å². The minimum Gasteiger partial charge on any atom is -0.360 e. The number of nitrogens with one attached hydrogen (secondary N) is 1. The number of rotatable bonds is 9. The summed E-state index contributed by atoms with van der Waals surface area (Å²) in [7, 11) is 0. The summed E-state index contributed by atoms with van der Waals surface area (Å²) in [4.78, 5) is 23.4. The lowest BCUT2D eigenvalue weighted by Crippen LogP contribution is -2.55. The summed E-state index contributed by atoms with van der Waals surface area (Å²) in [6.07, 6.45) is 8.55. The van der Waals surface area contributed by atoms with Crippen LogP contribution in [0.4, 0.5) is 22.9 Å². The largest absolute Gasteiger partial charge is 0.422 e. The Labute approximate surface area is 332 Å². The highest BCUT2D eigenvalue weighted by atomic mass is 15.3. The van der Waals surface area contributed by atoms with Crippen molar-refractivity contribution in [3.63, 3.8) is 0 Å². The monoisotopic (exact) mass is 737 g/mol. The van der Waals surface area contributed by atoms with Gasteiger partial charge in [-0.15, -0.1) is 0 Å². The van der Waals surface area contributed by atoms with Crippen molar-refractivity contribution >= 4 is 35.3 Å². The smallest absolute Gasteiger partial charge is 0.360 e. The van der Waals surface area contributed by atoms with Gasteiger partial charge in [0.15, 0.2) is 11.6 Å². The molecule has 8 heteroatoms. The molecular weight excluding hydrogens is 685 g/mol. The Balaban J connectivity index is 1.23. The molecule has 56 heavy (non-hydrogen) atoms.